The zero-order chi connectivity index (χ0) is 22.6. The summed E-state index contributed by atoms with van der Waals surface area (Å²) in [6.45, 7) is 9.73. The molecule has 2 amide bonds. The van der Waals surface area contributed by atoms with E-state index in [0.717, 1.165) is 10.5 Å². The number of aromatic nitrogens is 1. The molecule has 1 aromatic rings. The van der Waals surface area contributed by atoms with Crippen molar-refractivity contribution in [3.63, 3.8) is 0 Å². The van der Waals surface area contributed by atoms with Gasteiger partial charge >= 0.3 is 12.1 Å². The summed E-state index contributed by atoms with van der Waals surface area (Å²) in [5.41, 5.74) is 1.00. The van der Waals surface area contributed by atoms with E-state index in [1.165, 1.54) is 20.3 Å². The highest BCUT2D eigenvalue weighted by molar-refractivity contribution is 6.74. The van der Waals surface area contributed by atoms with E-state index in [9.17, 15) is 22.8 Å². The fraction of sp³-hybridized carbons (Fsp3) is 0.632. The third-order valence-electron chi connectivity index (χ3n) is 4.99. The van der Waals surface area contributed by atoms with E-state index >= 15 is 0 Å². The van der Waals surface area contributed by atoms with Crippen LogP contribution in [-0.4, -0.2) is 61.7 Å². The van der Waals surface area contributed by atoms with Crippen LogP contribution in [0.4, 0.5) is 13.2 Å². The lowest BCUT2D eigenvalue weighted by molar-refractivity contribution is -0.186. The first-order valence-corrected chi connectivity index (χ1v) is 12.1. The zero-order valence-corrected chi connectivity index (χ0v) is 19.1. The standard InChI is InChI=1S/C19H30F3N3O3Si/c1-18(2,3)29(6,7)28-13-14-8-9-23-15(10-14)11-25(12-16(26)24(4)5)17(27)19(20,21)22/h8-10H,11-13H2,1-7H3. The fourth-order valence-corrected chi connectivity index (χ4v) is 3.02. The van der Waals surface area contributed by atoms with Crippen molar-refractivity contribution in [3.05, 3.63) is 29.6 Å². The van der Waals surface area contributed by atoms with Crippen molar-refractivity contribution in [1.82, 2.24) is 14.8 Å². The van der Waals surface area contributed by atoms with E-state index in [1.54, 1.807) is 12.1 Å². The Morgan fingerprint density at radius 2 is 1.76 bits per heavy atom. The quantitative estimate of drug-likeness (QED) is 0.617. The maximum atomic E-state index is 12.9. The van der Waals surface area contributed by atoms with Crippen LogP contribution in [0.25, 0.3) is 0 Å². The van der Waals surface area contributed by atoms with Gasteiger partial charge in [0, 0.05) is 20.3 Å². The minimum absolute atomic E-state index is 0.0192. The minimum Gasteiger partial charge on any atom is -0.413 e. The van der Waals surface area contributed by atoms with Crippen LogP contribution >= 0.6 is 0 Å². The molecule has 0 aliphatic carbocycles. The molecular weight excluding hydrogens is 403 g/mol. The lowest BCUT2D eigenvalue weighted by Crippen LogP contribution is -2.45. The molecule has 164 valence electrons. The molecule has 0 aliphatic rings. The number of rotatable bonds is 7. The van der Waals surface area contributed by atoms with Crippen LogP contribution in [0.15, 0.2) is 18.3 Å². The van der Waals surface area contributed by atoms with Crippen molar-refractivity contribution < 1.29 is 27.2 Å². The molecular formula is C19H30F3N3O3Si. The molecule has 1 rings (SSSR count). The summed E-state index contributed by atoms with van der Waals surface area (Å²) in [6.07, 6.45) is -3.61. The largest absolute Gasteiger partial charge is 0.471 e. The SMILES string of the molecule is CN(C)C(=O)CN(Cc1cc(CO[Si](C)(C)C(C)(C)C)ccn1)C(=O)C(F)(F)F. The van der Waals surface area contributed by atoms with Gasteiger partial charge in [-0.05, 0) is 35.8 Å². The van der Waals surface area contributed by atoms with Crippen molar-refractivity contribution in [2.75, 3.05) is 20.6 Å². The van der Waals surface area contributed by atoms with Crippen LogP contribution < -0.4 is 0 Å². The van der Waals surface area contributed by atoms with E-state index in [4.69, 9.17) is 4.43 Å². The summed E-state index contributed by atoms with van der Waals surface area (Å²) in [5.74, 6) is -2.68. The number of carbonyl (C=O) groups excluding carboxylic acids is 2. The summed E-state index contributed by atoms with van der Waals surface area (Å²) in [5, 5.41) is 0.0192. The Morgan fingerprint density at radius 3 is 2.24 bits per heavy atom. The highest BCUT2D eigenvalue weighted by atomic mass is 28.4. The zero-order valence-electron chi connectivity index (χ0n) is 18.1. The van der Waals surface area contributed by atoms with E-state index < -0.39 is 39.4 Å². The lowest BCUT2D eigenvalue weighted by atomic mass is 10.2. The average molecular weight is 434 g/mol. The van der Waals surface area contributed by atoms with Gasteiger partial charge in [-0.2, -0.15) is 13.2 Å². The summed E-state index contributed by atoms with van der Waals surface area (Å²) < 4.78 is 45.0. The second kappa shape index (κ2) is 9.25. The number of likely N-dealkylation sites (N-methyl/N-ethyl adjacent to an activating group) is 1. The molecule has 0 aliphatic heterocycles. The van der Waals surface area contributed by atoms with Gasteiger partial charge in [-0.25, -0.2) is 0 Å². The van der Waals surface area contributed by atoms with Crippen molar-refractivity contribution >= 4 is 20.1 Å². The van der Waals surface area contributed by atoms with Crippen molar-refractivity contribution in [3.8, 4) is 0 Å². The number of carbonyl (C=O) groups is 2. The van der Waals surface area contributed by atoms with Crippen LogP contribution in [0, 0.1) is 0 Å². The topological polar surface area (TPSA) is 62.7 Å². The third kappa shape index (κ3) is 7.43. The molecule has 0 bridgehead atoms. The van der Waals surface area contributed by atoms with Gasteiger partial charge in [0.25, 0.3) is 0 Å². The molecule has 0 N–H and O–H groups in total. The first-order chi connectivity index (χ1) is 13.0. The number of nitrogens with zero attached hydrogens (tertiary/aromatic N) is 3. The summed E-state index contributed by atoms with van der Waals surface area (Å²) in [4.78, 5) is 29.3. The molecule has 0 fully saturated rings. The Hall–Kier alpha value is -1.94. The van der Waals surface area contributed by atoms with Gasteiger partial charge in [-0.15, -0.1) is 0 Å². The maximum Gasteiger partial charge on any atom is 0.471 e. The third-order valence-corrected chi connectivity index (χ3v) is 9.47. The van der Waals surface area contributed by atoms with E-state index in [1.807, 2.05) is 0 Å². The Balaban J connectivity index is 2.99. The molecule has 0 saturated carbocycles. The fourth-order valence-electron chi connectivity index (χ4n) is 2.06. The van der Waals surface area contributed by atoms with Gasteiger partial charge < -0.3 is 14.2 Å². The number of pyridine rings is 1. The molecule has 0 aromatic carbocycles. The van der Waals surface area contributed by atoms with Crippen molar-refractivity contribution in [2.45, 2.75) is 58.2 Å². The Labute approximate surface area is 171 Å². The lowest BCUT2D eigenvalue weighted by Gasteiger charge is -2.36. The van der Waals surface area contributed by atoms with Gasteiger partial charge in [0.1, 0.15) is 6.54 Å². The van der Waals surface area contributed by atoms with Gasteiger partial charge in [-0.1, -0.05) is 20.8 Å². The predicted molar refractivity (Wildman–Crippen MR) is 106 cm³/mol. The molecule has 0 atom stereocenters. The second-order valence-corrected chi connectivity index (χ2v) is 13.5. The highest BCUT2D eigenvalue weighted by Gasteiger charge is 2.43. The van der Waals surface area contributed by atoms with Gasteiger partial charge in [0.05, 0.1) is 18.8 Å². The van der Waals surface area contributed by atoms with Crippen molar-refractivity contribution in [1.29, 1.82) is 0 Å². The second-order valence-electron chi connectivity index (χ2n) is 8.65. The molecule has 6 nitrogen and oxygen atoms in total. The molecule has 10 heteroatoms. The average Bonchev–Trinajstić information content (AvgIpc) is 2.57. The Morgan fingerprint density at radius 1 is 1.17 bits per heavy atom. The highest BCUT2D eigenvalue weighted by Crippen LogP contribution is 2.37. The van der Waals surface area contributed by atoms with E-state index in [2.05, 4.69) is 38.8 Å². The first-order valence-electron chi connectivity index (χ1n) is 9.18. The Bertz CT molecular complexity index is 731. The predicted octanol–water partition coefficient (Wildman–Crippen LogP) is 3.58. The molecule has 0 radical (unpaired) electrons. The maximum absolute atomic E-state index is 12.9. The smallest absolute Gasteiger partial charge is 0.413 e. The molecule has 0 saturated heterocycles. The van der Waals surface area contributed by atoms with Crippen LogP contribution in [0.3, 0.4) is 0 Å². The molecule has 29 heavy (non-hydrogen) atoms. The molecule has 1 aromatic heterocycles. The molecule has 0 unspecified atom stereocenters. The van der Waals surface area contributed by atoms with Gasteiger partial charge in [0.2, 0.25) is 5.91 Å². The molecule has 1 heterocycles. The summed E-state index contributed by atoms with van der Waals surface area (Å²) in [6, 6.07) is 3.32. The first kappa shape index (κ1) is 25.1. The van der Waals surface area contributed by atoms with Crippen LogP contribution in [-0.2, 0) is 27.2 Å². The minimum atomic E-state index is -5.07. The number of alkyl halides is 3. The van der Waals surface area contributed by atoms with Crippen LogP contribution in [0.2, 0.25) is 18.1 Å². The van der Waals surface area contributed by atoms with Crippen LogP contribution in [0.1, 0.15) is 32.0 Å². The van der Waals surface area contributed by atoms with E-state index in [0.29, 0.717) is 11.5 Å². The Kier molecular flexibility index (Phi) is 8.00. The van der Waals surface area contributed by atoms with Gasteiger partial charge in [0.15, 0.2) is 8.32 Å². The van der Waals surface area contributed by atoms with Crippen LogP contribution in [0.5, 0.6) is 0 Å². The number of amides is 2. The number of hydrogen-bond acceptors (Lipinski definition) is 4. The molecule has 0 spiro atoms. The normalized spacial score (nSPS) is 12.6. The van der Waals surface area contributed by atoms with E-state index in [-0.39, 0.29) is 10.7 Å². The summed E-state index contributed by atoms with van der Waals surface area (Å²) >= 11 is 0. The summed E-state index contributed by atoms with van der Waals surface area (Å²) in [7, 11) is 0.827. The number of hydrogen-bond donors (Lipinski definition) is 0. The van der Waals surface area contributed by atoms with Gasteiger partial charge in [-0.3, -0.25) is 14.6 Å². The van der Waals surface area contributed by atoms with Crippen molar-refractivity contribution in [2.24, 2.45) is 0 Å². The number of halogens is 3. The monoisotopic (exact) mass is 433 g/mol.